The number of halogens is 1. The average Bonchev–Trinajstić information content (AvgIpc) is 2.52. The third kappa shape index (κ3) is 5.27. The van der Waals surface area contributed by atoms with Gasteiger partial charge in [0.25, 0.3) is 0 Å². The topological polar surface area (TPSA) is 57.7 Å². The number of piperidine rings is 1. The molecule has 1 amide bonds. The SMILES string of the molecule is CC1CCN(C(=O)CCN(Cc2ccccc2F)S(C)(=O)=O)CC1. The number of hydrogen-bond donors (Lipinski definition) is 0. The Hall–Kier alpha value is -1.47. The summed E-state index contributed by atoms with van der Waals surface area (Å²) in [5.41, 5.74) is 0.308. The van der Waals surface area contributed by atoms with Crippen LogP contribution in [0.15, 0.2) is 24.3 Å². The van der Waals surface area contributed by atoms with E-state index in [-0.39, 0.29) is 25.4 Å². The van der Waals surface area contributed by atoms with E-state index in [0.29, 0.717) is 11.5 Å². The minimum atomic E-state index is -3.52. The van der Waals surface area contributed by atoms with E-state index in [1.807, 2.05) is 0 Å². The average molecular weight is 356 g/mol. The lowest BCUT2D eigenvalue weighted by molar-refractivity contribution is -0.132. The maximum atomic E-state index is 13.8. The number of likely N-dealkylation sites (tertiary alicyclic amines) is 1. The van der Waals surface area contributed by atoms with Crippen LogP contribution in [0.2, 0.25) is 0 Å². The first-order valence-electron chi connectivity index (χ1n) is 8.23. The van der Waals surface area contributed by atoms with Gasteiger partial charge in [0.1, 0.15) is 5.82 Å². The number of benzene rings is 1. The molecule has 24 heavy (non-hydrogen) atoms. The van der Waals surface area contributed by atoms with E-state index >= 15 is 0 Å². The summed E-state index contributed by atoms with van der Waals surface area (Å²) in [4.78, 5) is 14.1. The summed E-state index contributed by atoms with van der Waals surface area (Å²) in [5, 5.41) is 0. The van der Waals surface area contributed by atoms with Crippen LogP contribution < -0.4 is 0 Å². The highest BCUT2D eigenvalue weighted by molar-refractivity contribution is 7.88. The third-order valence-corrected chi connectivity index (χ3v) is 5.73. The summed E-state index contributed by atoms with van der Waals surface area (Å²) in [6, 6.07) is 6.08. The number of sulfonamides is 1. The lowest BCUT2D eigenvalue weighted by Gasteiger charge is -2.31. The minimum Gasteiger partial charge on any atom is -0.343 e. The second-order valence-electron chi connectivity index (χ2n) is 6.50. The molecule has 1 heterocycles. The zero-order valence-electron chi connectivity index (χ0n) is 14.2. The lowest BCUT2D eigenvalue weighted by atomic mass is 9.99. The molecule has 1 aromatic carbocycles. The van der Waals surface area contributed by atoms with Gasteiger partial charge in [0.05, 0.1) is 6.26 Å². The van der Waals surface area contributed by atoms with Crippen molar-refractivity contribution in [3.05, 3.63) is 35.6 Å². The van der Waals surface area contributed by atoms with Gasteiger partial charge < -0.3 is 4.90 Å². The molecule has 0 aliphatic carbocycles. The summed E-state index contributed by atoms with van der Waals surface area (Å²) < 4.78 is 38.8. The van der Waals surface area contributed by atoms with Crippen LogP contribution in [0.1, 0.15) is 31.7 Å². The van der Waals surface area contributed by atoms with Crippen LogP contribution in [-0.2, 0) is 21.4 Å². The Labute approximate surface area is 143 Å². The van der Waals surface area contributed by atoms with E-state index in [2.05, 4.69) is 6.92 Å². The highest BCUT2D eigenvalue weighted by atomic mass is 32.2. The number of carbonyl (C=O) groups is 1. The Morgan fingerprint density at radius 1 is 1.29 bits per heavy atom. The maximum absolute atomic E-state index is 13.8. The highest BCUT2D eigenvalue weighted by Crippen LogP contribution is 2.17. The molecule has 0 radical (unpaired) electrons. The molecule has 2 rings (SSSR count). The first-order chi connectivity index (χ1) is 11.3. The largest absolute Gasteiger partial charge is 0.343 e. The highest BCUT2D eigenvalue weighted by Gasteiger charge is 2.23. The van der Waals surface area contributed by atoms with Crippen LogP contribution in [0.5, 0.6) is 0 Å². The second-order valence-corrected chi connectivity index (χ2v) is 8.48. The smallest absolute Gasteiger partial charge is 0.223 e. The number of rotatable bonds is 6. The standard InChI is InChI=1S/C17H25FN2O3S/c1-14-7-10-19(11-8-14)17(21)9-12-20(24(2,22)23)13-15-5-3-4-6-16(15)18/h3-6,14H,7-13H2,1-2H3. The first-order valence-corrected chi connectivity index (χ1v) is 10.1. The van der Waals surface area contributed by atoms with Crippen molar-refractivity contribution in [1.29, 1.82) is 0 Å². The van der Waals surface area contributed by atoms with Crippen molar-refractivity contribution in [2.75, 3.05) is 25.9 Å². The number of carbonyl (C=O) groups excluding carboxylic acids is 1. The van der Waals surface area contributed by atoms with Crippen LogP contribution in [0.25, 0.3) is 0 Å². The van der Waals surface area contributed by atoms with Crippen molar-refractivity contribution in [3.8, 4) is 0 Å². The van der Waals surface area contributed by atoms with E-state index < -0.39 is 15.8 Å². The Morgan fingerprint density at radius 2 is 1.92 bits per heavy atom. The van der Waals surface area contributed by atoms with Gasteiger partial charge >= 0.3 is 0 Å². The summed E-state index contributed by atoms with van der Waals surface area (Å²) in [6.45, 7) is 3.63. The van der Waals surface area contributed by atoms with E-state index in [4.69, 9.17) is 0 Å². The molecule has 1 saturated heterocycles. The third-order valence-electron chi connectivity index (χ3n) is 4.48. The fourth-order valence-electron chi connectivity index (χ4n) is 2.82. The molecule has 0 aromatic heterocycles. The van der Waals surface area contributed by atoms with Gasteiger partial charge in [-0.05, 0) is 24.8 Å². The quantitative estimate of drug-likeness (QED) is 0.785. The fraction of sp³-hybridized carbons (Fsp3) is 0.588. The van der Waals surface area contributed by atoms with Gasteiger partial charge in [-0.15, -0.1) is 0 Å². The predicted molar refractivity (Wildman–Crippen MR) is 91.2 cm³/mol. The maximum Gasteiger partial charge on any atom is 0.223 e. The second kappa shape index (κ2) is 8.07. The molecule has 134 valence electrons. The van der Waals surface area contributed by atoms with Crippen LogP contribution in [0, 0.1) is 11.7 Å². The van der Waals surface area contributed by atoms with Gasteiger partial charge in [-0.3, -0.25) is 4.79 Å². The van der Waals surface area contributed by atoms with Gasteiger partial charge in [0.2, 0.25) is 15.9 Å². The Morgan fingerprint density at radius 3 is 2.50 bits per heavy atom. The van der Waals surface area contributed by atoms with Crippen molar-refractivity contribution < 1.29 is 17.6 Å². The van der Waals surface area contributed by atoms with E-state index in [0.717, 1.165) is 36.5 Å². The van der Waals surface area contributed by atoms with Crippen LogP contribution in [-0.4, -0.2) is 49.4 Å². The summed E-state index contributed by atoms with van der Waals surface area (Å²) >= 11 is 0. The first kappa shape index (κ1) is 18.9. The zero-order chi connectivity index (χ0) is 17.7. The van der Waals surface area contributed by atoms with Gasteiger partial charge in [0, 0.05) is 38.2 Å². The van der Waals surface area contributed by atoms with E-state index in [9.17, 15) is 17.6 Å². The molecule has 0 N–H and O–H groups in total. The van der Waals surface area contributed by atoms with Crippen LogP contribution in [0.4, 0.5) is 4.39 Å². The molecule has 1 fully saturated rings. The number of hydrogen-bond acceptors (Lipinski definition) is 3. The summed E-state index contributed by atoms with van der Waals surface area (Å²) in [7, 11) is -3.52. The lowest BCUT2D eigenvalue weighted by Crippen LogP contribution is -2.40. The van der Waals surface area contributed by atoms with E-state index in [1.54, 1.807) is 23.1 Å². The predicted octanol–water partition coefficient (Wildman–Crippen LogP) is 2.24. The van der Waals surface area contributed by atoms with Gasteiger partial charge in [0.15, 0.2) is 0 Å². The minimum absolute atomic E-state index is 0.0379. The van der Waals surface area contributed by atoms with Crippen LogP contribution in [0.3, 0.4) is 0 Å². The molecule has 7 heteroatoms. The molecule has 5 nitrogen and oxygen atoms in total. The summed E-state index contributed by atoms with van der Waals surface area (Å²) in [5.74, 6) is 0.147. The molecular weight excluding hydrogens is 331 g/mol. The van der Waals surface area contributed by atoms with Gasteiger partial charge in [-0.2, -0.15) is 4.31 Å². The number of amides is 1. The molecule has 0 saturated carbocycles. The normalized spacial score (nSPS) is 16.6. The van der Waals surface area contributed by atoms with Gasteiger partial charge in [-0.25, -0.2) is 12.8 Å². The van der Waals surface area contributed by atoms with E-state index in [1.165, 1.54) is 6.07 Å². The molecule has 0 atom stereocenters. The molecule has 0 spiro atoms. The fourth-order valence-corrected chi connectivity index (χ4v) is 3.61. The Bertz CT molecular complexity index is 670. The monoisotopic (exact) mass is 356 g/mol. The van der Waals surface area contributed by atoms with Crippen molar-refractivity contribution >= 4 is 15.9 Å². The van der Waals surface area contributed by atoms with Crippen molar-refractivity contribution in [3.63, 3.8) is 0 Å². The molecule has 0 bridgehead atoms. The molecule has 1 aromatic rings. The molecule has 1 aliphatic heterocycles. The van der Waals surface area contributed by atoms with Crippen molar-refractivity contribution in [1.82, 2.24) is 9.21 Å². The molecule has 1 aliphatic rings. The molecule has 0 unspecified atom stereocenters. The Kier molecular flexibility index (Phi) is 6.34. The molecular formula is C17H25FN2O3S. The Balaban J connectivity index is 1.97. The van der Waals surface area contributed by atoms with Crippen molar-refractivity contribution in [2.45, 2.75) is 32.7 Å². The van der Waals surface area contributed by atoms with Gasteiger partial charge in [-0.1, -0.05) is 25.1 Å². The summed E-state index contributed by atoms with van der Waals surface area (Å²) in [6.07, 6.45) is 3.17. The van der Waals surface area contributed by atoms with Crippen LogP contribution >= 0.6 is 0 Å². The number of nitrogens with zero attached hydrogens (tertiary/aromatic N) is 2. The zero-order valence-corrected chi connectivity index (χ0v) is 15.1. The van der Waals surface area contributed by atoms with Crippen molar-refractivity contribution in [2.24, 2.45) is 5.92 Å².